The lowest BCUT2D eigenvalue weighted by Gasteiger charge is -2.32. The molecular weight excluding hydrogens is 299 g/mol. The Morgan fingerprint density at radius 1 is 1.29 bits per heavy atom. The van der Waals surface area contributed by atoms with Crippen molar-refractivity contribution in [2.75, 3.05) is 7.05 Å². The third kappa shape index (κ3) is 3.90. The maximum absolute atomic E-state index is 6.18. The highest BCUT2D eigenvalue weighted by Gasteiger charge is 2.52. The quantitative estimate of drug-likeness (QED) is 0.710. The van der Waals surface area contributed by atoms with Crippen molar-refractivity contribution in [3.8, 4) is 0 Å². The lowest BCUT2D eigenvalue weighted by Crippen LogP contribution is -2.41. The summed E-state index contributed by atoms with van der Waals surface area (Å²) in [5.41, 5.74) is 2.43. The van der Waals surface area contributed by atoms with Gasteiger partial charge in [0.05, 0.1) is 11.2 Å². The third-order valence-electron chi connectivity index (χ3n) is 5.04. The van der Waals surface area contributed by atoms with E-state index in [-0.39, 0.29) is 18.3 Å². The molecule has 2 aliphatic heterocycles. The van der Waals surface area contributed by atoms with Crippen molar-refractivity contribution < 1.29 is 9.31 Å². The van der Waals surface area contributed by atoms with Gasteiger partial charge in [-0.15, -0.1) is 0 Å². The Morgan fingerprint density at radius 2 is 1.92 bits per heavy atom. The van der Waals surface area contributed by atoms with Gasteiger partial charge in [0.15, 0.2) is 0 Å². The molecule has 0 spiro atoms. The largest absolute Gasteiger partial charge is 0.494 e. The first-order valence-electron chi connectivity index (χ1n) is 8.51. The molecule has 0 radical (unpaired) electrons. The monoisotopic (exact) mass is 328 g/mol. The highest BCUT2D eigenvalue weighted by Crippen LogP contribution is 2.39. The Bertz CT molecular complexity index is 599. The lowest BCUT2D eigenvalue weighted by molar-refractivity contribution is 0.00578. The Hall–Kier alpha value is -1.59. The molecule has 0 aliphatic carbocycles. The van der Waals surface area contributed by atoms with Gasteiger partial charge in [-0.1, -0.05) is 12.7 Å². The van der Waals surface area contributed by atoms with Crippen LogP contribution in [0.3, 0.4) is 0 Å². The molecule has 4 nitrogen and oxygen atoms in total. The van der Waals surface area contributed by atoms with Gasteiger partial charge in [-0.05, 0) is 65.1 Å². The van der Waals surface area contributed by atoms with Crippen molar-refractivity contribution in [3.05, 3.63) is 47.9 Å². The van der Waals surface area contributed by atoms with Gasteiger partial charge in [0.1, 0.15) is 0 Å². The van der Waals surface area contributed by atoms with E-state index in [1.54, 1.807) is 6.20 Å². The second kappa shape index (κ2) is 7.12. The van der Waals surface area contributed by atoms with Crippen molar-refractivity contribution >= 4 is 13.3 Å². The van der Waals surface area contributed by atoms with E-state index in [1.165, 1.54) is 5.70 Å². The molecule has 2 rings (SSSR count). The fraction of sp³-hybridized carbons (Fsp3) is 0.526. The van der Waals surface area contributed by atoms with Gasteiger partial charge in [0.25, 0.3) is 0 Å². The predicted octanol–water partition coefficient (Wildman–Crippen LogP) is 4.27. The van der Waals surface area contributed by atoms with Gasteiger partial charge in [0.2, 0.25) is 0 Å². The standard InChI is InChI=1S/C19H29BN2O2/c1-8-16(20-23-18(3,4)19(5,6)24-20)14-17-10-9-12-21-13-11-15(2)22(17)7/h8,11-14H,2,9-10H2,1,3-7H3/b13-11-,16-8+,17-14+,21-12?. The van der Waals surface area contributed by atoms with E-state index >= 15 is 0 Å². The molecule has 0 N–H and O–H groups in total. The van der Waals surface area contributed by atoms with Crippen LogP contribution in [-0.2, 0) is 9.31 Å². The van der Waals surface area contributed by atoms with Crippen LogP contribution in [0.4, 0.5) is 0 Å². The van der Waals surface area contributed by atoms with Gasteiger partial charge in [-0.25, -0.2) is 0 Å². The molecule has 0 saturated carbocycles. The van der Waals surface area contributed by atoms with Crippen LogP contribution in [0.2, 0.25) is 0 Å². The second-order valence-corrected chi connectivity index (χ2v) is 7.25. The fourth-order valence-electron chi connectivity index (χ4n) is 2.57. The smallest absolute Gasteiger partial charge is 0.399 e. The molecule has 0 aromatic rings. The number of rotatable bonds is 2. The maximum Gasteiger partial charge on any atom is 0.494 e. The molecule has 0 bridgehead atoms. The number of hydrogen-bond donors (Lipinski definition) is 0. The van der Waals surface area contributed by atoms with Crippen LogP contribution in [0.5, 0.6) is 0 Å². The average molecular weight is 328 g/mol. The molecule has 0 aromatic heterocycles. The van der Waals surface area contributed by atoms with Gasteiger partial charge < -0.3 is 14.2 Å². The minimum atomic E-state index is -0.356. The van der Waals surface area contributed by atoms with E-state index in [0.717, 1.165) is 24.0 Å². The van der Waals surface area contributed by atoms with Crippen LogP contribution in [0.1, 0.15) is 47.5 Å². The number of likely N-dealkylation sites (N-methyl/N-ethyl adjacent to an activating group) is 1. The van der Waals surface area contributed by atoms with Crippen LogP contribution >= 0.6 is 0 Å². The first-order chi connectivity index (χ1) is 11.2. The van der Waals surface area contributed by atoms with E-state index in [1.807, 2.05) is 26.3 Å². The molecule has 0 unspecified atom stereocenters. The molecule has 0 atom stereocenters. The summed E-state index contributed by atoms with van der Waals surface area (Å²) in [6.45, 7) is 14.4. The Morgan fingerprint density at radius 3 is 2.50 bits per heavy atom. The minimum absolute atomic E-state index is 0.340. The maximum atomic E-state index is 6.18. The number of aliphatic imine (C=N–C) groups is 1. The first kappa shape index (κ1) is 18.7. The van der Waals surface area contributed by atoms with E-state index < -0.39 is 0 Å². The van der Waals surface area contributed by atoms with Crippen molar-refractivity contribution in [1.29, 1.82) is 0 Å². The Labute approximate surface area is 146 Å². The molecule has 1 fully saturated rings. The summed E-state index contributed by atoms with van der Waals surface area (Å²) in [6, 6.07) is 0. The first-order valence-corrected chi connectivity index (χ1v) is 8.51. The van der Waals surface area contributed by atoms with E-state index in [4.69, 9.17) is 9.31 Å². The summed E-state index contributed by atoms with van der Waals surface area (Å²) in [6.07, 6.45) is 11.6. The van der Waals surface area contributed by atoms with Crippen LogP contribution in [0.25, 0.3) is 0 Å². The zero-order valence-electron chi connectivity index (χ0n) is 15.8. The summed E-state index contributed by atoms with van der Waals surface area (Å²) in [5.74, 6) is 0. The van der Waals surface area contributed by atoms with Crippen LogP contribution < -0.4 is 0 Å². The zero-order chi connectivity index (χ0) is 18.0. The van der Waals surface area contributed by atoms with E-state index in [9.17, 15) is 0 Å². The van der Waals surface area contributed by atoms with Gasteiger partial charge in [-0.3, -0.25) is 4.99 Å². The molecule has 24 heavy (non-hydrogen) atoms. The number of allylic oxidation sites excluding steroid dienone is 5. The van der Waals surface area contributed by atoms with E-state index in [2.05, 4.69) is 56.3 Å². The molecule has 0 aromatic carbocycles. The molecule has 2 heterocycles. The van der Waals surface area contributed by atoms with Crippen LogP contribution in [-0.4, -0.2) is 36.5 Å². The molecule has 0 amide bonds. The average Bonchev–Trinajstić information content (AvgIpc) is 2.75. The van der Waals surface area contributed by atoms with Crippen LogP contribution in [0.15, 0.2) is 52.9 Å². The van der Waals surface area contributed by atoms with Crippen molar-refractivity contribution in [3.63, 3.8) is 0 Å². The highest BCUT2D eigenvalue weighted by atomic mass is 16.7. The van der Waals surface area contributed by atoms with E-state index in [0.29, 0.717) is 0 Å². The Kier molecular flexibility index (Phi) is 5.56. The van der Waals surface area contributed by atoms with Gasteiger partial charge in [-0.2, -0.15) is 0 Å². The molecule has 5 heteroatoms. The van der Waals surface area contributed by atoms with Crippen molar-refractivity contribution in [1.82, 2.24) is 4.90 Å². The second-order valence-electron chi connectivity index (χ2n) is 7.25. The summed E-state index contributed by atoms with van der Waals surface area (Å²) < 4.78 is 12.4. The Balaban J connectivity index is 2.28. The summed E-state index contributed by atoms with van der Waals surface area (Å²) in [5, 5.41) is 0. The van der Waals surface area contributed by atoms with Gasteiger partial charge in [0, 0.05) is 30.9 Å². The summed E-state index contributed by atoms with van der Waals surface area (Å²) >= 11 is 0. The molecular formula is C19H29BN2O2. The van der Waals surface area contributed by atoms with Crippen LogP contribution in [0, 0.1) is 0 Å². The summed E-state index contributed by atoms with van der Waals surface area (Å²) in [4.78, 5) is 6.34. The molecule has 2 aliphatic rings. The number of hydrogen-bond acceptors (Lipinski definition) is 4. The highest BCUT2D eigenvalue weighted by molar-refractivity contribution is 6.55. The van der Waals surface area contributed by atoms with Crippen molar-refractivity contribution in [2.45, 2.75) is 58.7 Å². The predicted molar refractivity (Wildman–Crippen MR) is 102 cm³/mol. The SMILES string of the molecule is C=C1/C=C\N=CCC/C(=C\C(=C/C)B2OC(C)(C)C(C)(C)O2)N1C. The molecule has 1 saturated heterocycles. The van der Waals surface area contributed by atoms with Crippen molar-refractivity contribution in [2.24, 2.45) is 4.99 Å². The summed E-state index contributed by atoms with van der Waals surface area (Å²) in [7, 11) is 1.67. The lowest BCUT2D eigenvalue weighted by atomic mass is 9.77. The normalized spacial score (nSPS) is 27.2. The zero-order valence-corrected chi connectivity index (χ0v) is 15.8. The van der Waals surface area contributed by atoms with Gasteiger partial charge >= 0.3 is 7.12 Å². The number of nitrogens with zero attached hydrogens (tertiary/aromatic N) is 2. The molecule has 130 valence electrons. The fourth-order valence-corrected chi connectivity index (χ4v) is 2.57. The topological polar surface area (TPSA) is 34.1 Å². The minimum Gasteiger partial charge on any atom is -0.399 e. The third-order valence-corrected chi connectivity index (χ3v) is 5.04.